The van der Waals surface area contributed by atoms with Gasteiger partial charge in [0, 0.05) is 12.8 Å². The minimum atomic E-state index is -0.777. The zero-order valence-electron chi connectivity index (χ0n) is 49.9. The van der Waals surface area contributed by atoms with Gasteiger partial charge >= 0.3 is 11.9 Å². The predicted octanol–water partition coefficient (Wildman–Crippen LogP) is 22.8. The SMILES string of the molecule is CC/C=C\C/C=C\C/C=C\C/C=C\CCCCCCCCCCC(=O)OC(CO)COC(=O)CCCCCCCCCCCCCCCCCCCCCCCCCCCCCCCCCCCCCCCCC. The van der Waals surface area contributed by atoms with Crippen molar-refractivity contribution in [3.05, 3.63) is 48.6 Å². The van der Waals surface area contributed by atoms with Gasteiger partial charge in [0.2, 0.25) is 0 Å². The van der Waals surface area contributed by atoms with E-state index in [2.05, 4.69) is 62.5 Å². The van der Waals surface area contributed by atoms with E-state index in [0.29, 0.717) is 12.8 Å². The second-order valence-electron chi connectivity index (χ2n) is 22.5. The van der Waals surface area contributed by atoms with E-state index in [-0.39, 0.29) is 25.2 Å². The van der Waals surface area contributed by atoms with E-state index in [1.807, 2.05) is 0 Å². The fourth-order valence-corrected chi connectivity index (χ4v) is 10.2. The minimum absolute atomic E-state index is 0.0664. The lowest BCUT2D eigenvalue weighted by atomic mass is 10.0. The number of ether oxygens (including phenoxy) is 2. The highest BCUT2D eigenvalue weighted by Gasteiger charge is 2.16. The molecule has 0 aromatic rings. The molecule has 0 aliphatic carbocycles. The molecule has 0 radical (unpaired) electrons. The lowest BCUT2D eigenvalue weighted by Gasteiger charge is -2.15. The summed E-state index contributed by atoms with van der Waals surface area (Å²) in [5, 5.41) is 9.67. The molecule has 0 heterocycles. The standard InChI is InChI=1S/C69H128O5/c1-3-5-7-9-11-13-15-17-19-21-23-25-26-27-28-29-30-31-32-33-34-35-36-37-38-39-40-41-42-44-45-47-49-51-53-55-57-59-61-63-68(71)73-66-67(65-70)74-69(72)64-62-60-58-56-54-52-50-48-46-43-24-22-20-18-16-14-12-10-8-6-4-2/h6,8,12,14,18,20,24,43,67,70H,3-5,7,9-11,13,15-17,19,21-23,25-42,44-66H2,1-2H3/b8-6-,14-12-,20-18-,43-24-. The van der Waals surface area contributed by atoms with E-state index in [1.165, 1.54) is 263 Å². The van der Waals surface area contributed by atoms with E-state index >= 15 is 0 Å². The van der Waals surface area contributed by atoms with Gasteiger partial charge in [0.15, 0.2) is 6.10 Å². The van der Waals surface area contributed by atoms with Gasteiger partial charge < -0.3 is 14.6 Å². The molecule has 5 heteroatoms. The smallest absolute Gasteiger partial charge is 0.306 e. The quantitative estimate of drug-likeness (QED) is 0.0373. The summed E-state index contributed by atoms with van der Waals surface area (Å²) in [5.74, 6) is -0.584. The number of rotatable bonds is 62. The Bertz CT molecular complexity index is 1220. The van der Waals surface area contributed by atoms with Gasteiger partial charge in [-0.1, -0.05) is 345 Å². The Labute approximate surface area is 462 Å². The number of unbranched alkanes of at least 4 members (excludes halogenated alkanes) is 46. The van der Waals surface area contributed by atoms with Crippen LogP contribution in [0.15, 0.2) is 48.6 Å². The van der Waals surface area contributed by atoms with Gasteiger partial charge in [-0.25, -0.2) is 0 Å². The fraction of sp³-hybridized carbons (Fsp3) is 0.855. The van der Waals surface area contributed by atoms with E-state index in [9.17, 15) is 14.7 Å². The number of aliphatic hydroxyl groups is 1. The van der Waals surface area contributed by atoms with Crippen LogP contribution in [0.3, 0.4) is 0 Å². The Hall–Kier alpha value is -2.14. The summed E-state index contributed by atoms with van der Waals surface area (Å²) in [6, 6.07) is 0. The molecule has 0 aromatic carbocycles. The Morgan fingerprint density at radius 3 is 0.878 bits per heavy atom. The largest absolute Gasteiger partial charge is 0.462 e. The number of hydrogen-bond donors (Lipinski definition) is 1. The lowest BCUT2D eigenvalue weighted by Crippen LogP contribution is -2.28. The van der Waals surface area contributed by atoms with Gasteiger partial charge in [-0.05, 0) is 51.4 Å². The fourth-order valence-electron chi connectivity index (χ4n) is 10.2. The summed E-state index contributed by atoms with van der Waals surface area (Å²) in [5.41, 5.74) is 0. The van der Waals surface area contributed by atoms with Crippen LogP contribution in [0, 0.1) is 0 Å². The van der Waals surface area contributed by atoms with Crippen LogP contribution in [0.4, 0.5) is 0 Å². The molecule has 74 heavy (non-hydrogen) atoms. The molecule has 1 N–H and O–H groups in total. The molecule has 0 bridgehead atoms. The molecule has 5 nitrogen and oxygen atoms in total. The highest BCUT2D eigenvalue weighted by Crippen LogP contribution is 2.19. The third-order valence-electron chi connectivity index (χ3n) is 15.1. The summed E-state index contributed by atoms with van der Waals surface area (Å²) in [6.45, 7) is 4.07. The first kappa shape index (κ1) is 71.9. The monoisotopic (exact) mass is 1040 g/mol. The van der Waals surface area contributed by atoms with Crippen molar-refractivity contribution in [1.29, 1.82) is 0 Å². The molecule has 0 saturated carbocycles. The van der Waals surface area contributed by atoms with Crippen LogP contribution in [-0.4, -0.2) is 36.4 Å². The number of aliphatic hydroxyl groups excluding tert-OH is 1. The van der Waals surface area contributed by atoms with Gasteiger partial charge in [0.05, 0.1) is 6.61 Å². The van der Waals surface area contributed by atoms with Gasteiger partial charge in [-0.2, -0.15) is 0 Å². The molecule has 0 rings (SSSR count). The molecule has 0 fully saturated rings. The summed E-state index contributed by atoms with van der Waals surface area (Å²) in [4.78, 5) is 24.6. The van der Waals surface area contributed by atoms with Crippen LogP contribution in [0.2, 0.25) is 0 Å². The van der Waals surface area contributed by atoms with Gasteiger partial charge in [0.1, 0.15) is 6.61 Å². The number of allylic oxidation sites excluding steroid dienone is 8. The van der Waals surface area contributed by atoms with Crippen molar-refractivity contribution in [1.82, 2.24) is 0 Å². The molecule has 0 saturated heterocycles. The van der Waals surface area contributed by atoms with E-state index in [1.54, 1.807) is 0 Å². The van der Waals surface area contributed by atoms with E-state index in [0.717, 1.165) is 70.6 Å². The maximum Gasteiger partial charge on any atom is 0.306 e. The van der Waals surface area contributed by atoms with Gasteiger partial charge in [-0.15, -0.1) is 0 Å². The number of carbonyl (C=O) groups is 2. The molecule has 1 unspecified atom stereocenters. The Morgan fingerprint density at radius 2 is 0.581 bits per heavy atom. The molecule has 0 amide bonds. The molecule has 1 atom stereocenters. The van der Waals surface area contributed by atoms with Gasteiger partial charge in [0.25, 0.3) is 0 Å². The Morgan fingerprint density at radius 1 is 0.324 bits per heavy atom. The summed E-state index contributed by atoms with van der Waals surface area (Å²) in [7, 11) is 0. The van der Waals surface area contributed by atoms with Crippen molar-refractivity contribution < 1.29 is 24.2 Å². The zero-order valence-corrected chi connectivity index (χ0v) is 49.9. The summed E-state index contributed by atoms with van der Waals surface area (Å²) in [6.07, 6.45) is 87.2. The Kier molecular flexibility index (Phi) is 63.3. The predicted molar refractivity (Wildman–Crippen MR) is 325 cm³/mol. The topological polar surface area (TPSA) is 72.8 Å². The van der Waals surface area contributed by atoms with Crippen molar-refractivity contribution in [3.8, 4) is 0 Å². The van der Waals surface area contributed by atoms with E-state index in [4.69, 9.17) is 9.47 Å². The summed E-state index contributed by atoms with van der Waals surface area (Å²) < 4.78 is 10.7. The van der Waals surface area contributed by atoms with Crippen molar-refractivity contribution in [3.63, 3.8) is 0 Å². The first-order valence-electron chi connectivity index (χ1n) is 33.2. The second kappa shape index (κ2) is 65.1. The Balaban J connectivity index is 3.37. The maximum absolute atomic E-state index is 12.3. The van der Waals surface area contributed by atoms with Crippen LogP contribution < -0.4 is 0 Å². The molecular formula is C69H128O5. The third-order valence-corrected chi connectivity index (χ3v) is 15.1. The van der Waals surface area contributed by atoms with Crippen molar-refractivity contribution in [2.75, 3.05) is 13.2 Å². The van der Waals surface area contributed by atoms with Crippen LogP contribution in [0.5, 0.6) is 0 Å². The van der Waals surface area contributed by atoms with Crippen LogP contribution in [0.25, 0.3) is 0 Å². The highest BCUT2D eigenvalue weighted by atomic mass is 16.6. The average molecular weight is 1040 g/mol. The maximum atomic E-state index is 12.3. The van der Waals surface area contributed by atoms with Crippen molar-refractivity contribution in [2.45, 2.75) is 367 Å². The highest BCUT2D eigenvalue weighted by molar-refractivity contribution is 5.70. The molecule has 0 aromatic heterocycles. The van der Waals surface area contributed by atoms with Crippen LogP contribution in [0.1, 0.15) is 361 Å². The lowest BCUT2D eigenvalue weighted by molar-refractivity contribution is -0.161. The van der Waals surface area contributed by atoms with Crippen LogP contribution >= 0.6 is 0 Å². The van der Waals surface area contributed by atoms with Crippen LogP contribution in [-0.2, 0) is 19.1 Å². The normalized spacial score (nSPS) is 12.4. The second-order valence-corrected chi connectivity index (χ2v) is 22.5. The number of esters is 2. The number of carbonyl (C=O) groups excluding carboxylic acids is 2. The average Bonchev–Trinajstić information content (AvgIpc) is 3.40. The van der Waals surface area contributed by atoms with Gasteiger partial charge in [-0.3, -0.25) is 9.59 Å². The van der Waals surface area contributed by atoms with Crippen molar-refractivity contribution in [2.24, 2.45) is 0 Å². The zero-order chi connectivity index (χ0) is 53.4. The molecule has 434 valence electrons. The molecular weight excluding hydrogens is 909 g/mol. The van der Waals surface area contributed by atoms with Crippen molar-refractivity contribution >= 4 is 11.9 Å². The minimum Gasteiger partial charge on any atom is -0.462 e. The molecule has 0 aliphatic heterocycles. The van der Waals surface area contributed by atoms with E-state index < -0.39 is 6.10 Å². The molecule has 0 aliphatic rings. The first-order chi connectivity index (χ1) is 36.6. The first-order valence-corrected chi connectivity index (χ1v) is 33.2. The number of hydrogen-bond acceptors (Lipinski definition) is 5. The molecule has 0 spiro atoms. The summed E-state index contributed by atoms with van der Waals surface area (Å²) >= 11 is 0. The third kappa shape index (κ3) is 62.4.